The van der Waals surface area contributed by atoms with Gasteiger partial charge in [0.1, 0.15) is 0 Å². The molecule has 64 valence electrons. The van der Waals surface area contributed by atoms with Gasteiger partial charge in [-0.3, -0.25) is 9.59 Å². The fourth-order valence-electron chi connectivity index (χ4n) is 0. The highest BCUT2D eigenvalue weighted by Crippen LogP contribution is 1.42. The van der Waals surface area contributed by atoms with E-state index in [1.165, 1.54) is 6.92 Å². The largest absolute Gasteiger partial charge is 0.481 e. The van der Waals surface area contributed by atoms with Crippen LogP contribution in [0, 0.1) is 11.3 Å². The predicted octanol–water partition coefficient (Wildman–Crippen LogP) is 0.712. The van der Waals surface area contributed by atoms with Crippen molar-refractivity contribution in [2.75, 3.05) is 0 Å². The Bertz CT molecular complexity index is 127. The molecule has 0 aliphatic heterocycles. The van der Waals surface area contributed by atoms with Gasteiger partial charge in [-0.15, -0.1) is 0 Å². The Morgan fingerprint density at radius 1 is 1.18 bits per heavy atom. The normalized spacial score (nSPS) is 5.27. The van der Waals surface area contributed by atoms with Gasteiger partial charge >= 0.3 is 0 Å². The third kappa shape index (κ3) is 141. The lowest BCUT2D eigenvalue weighted by Crippen LogP contribution is -1.78. The van der Waals surface area contributed by atoms with Gasteiger partial charge in [-0.2, -0.15) is 5.26 Å². The Balaban J connectivity index is -0.0000000886. The lowest BCUT2D eigenvalue weighted by Gasteiger charge is -1.59. The van der Waals surface area contributed by atoms with Crippen molar-refractivity contribution in [2.24, 2.45) is 0 Å². The van der Waals surface area contributed by atoms with Crippen molar-refractivity contribution in [3.8, 4) is 6.07 Å². The van der Waals surface area contributed by atoms with Crippen LogP contribution in [0.3, 0.4) is 0 Å². The first-order valence-corrected chi connectivity index (χ1v) is 2.58. The van der Waals surface area contributed by atoms with E-state index in [2.05, 4.69) is 0 Å². The van der Waals surface area contributed by atoms with Gasteiger partial charge < -0.3 is 10.2 Å². The minimum Gasteiger partial charge on any atom is -0.481 e. The maximum atomic E-state index is 9.00. The highest BCUT2D eigenvalue weighted by Gasteiger charge is 1.65. The smallest absolute Gasteiger partial charge is 0.300 e. The molecule has 2 N–H and O–H groups in total. The van der Waals surface area contributed by atoms with Crippen LogP contribution in [0.2, 0.25) is 0 Å². The summed E-state index contributed by atoms with van der Waals surface area (Å²) >= 11 is 0. The topological polar surface area (TPSA) is 98.4 Å². The predicted molar refractivity (Wildman–Crippen MR) is 37.9 cm³/mol. The van der Waals surface area contributed by atoms with Gasteiger partial charge in [0.05, 0.1) is 6.07 Å². The van der Waals surface area contributed by atoms with Crippen LogP contribution in [-0.4, -0.2) is 22.2 Å². The van der Waals surface area contributed by atoms with Crippen LogP contribution >= 0.6 is 0 Å². The number of hydrogen-bond donors (Lipinski definition) is 2. The van der Waals surface area contributed by atoms with E-state index in [1.54, 1.807) is 6.07 Å². The molecule has 0 aliphatic rings. The molecule has 0 amide bonds. The van der Waals surface area contributed by atoms with E-state index in [0.717, 1.165) is 13.8 Å². The zero-order valence-corrected chi connectivity index (χ0v) is 6.66. The molecule has 0 spiro atoms. The minimum absolute atomic E-state index is 0.833. The first kappa shape index (κ1) is 16.2. The molecule has 11 heavy (non-hydrogen) atoms. The highest BCUT2D eigenvalue weighted by atomic mass is 16.4. The molecule has 0 aromatic rings. The molecule has 0 heterocycles. The molecule has 0 aliphatic carbocycles. The zero-order chi connectivity index (χ0) is 9.86. The van der Waals surface area contributed by atoms with Crippen LogP contribution in [0.4, 0.5) is 0 Å². The molecule has 5 heteroatoms. The first-order valence-electron chi connectivity index (χ1n) is 2.58. The number of rotatable bonds is 0. The number of hydrogen-bond acceptors (Lipinski definition) is 3. The average Bonchev–Trinajstić information content (AvgIpc) is 1.60. The van der Waals surface area contributed by atoms with Crippen LogP contribution in [0.5, 0.6) is 0 Å². The van der Waals surface area contributed by atoms with E-state index in [-0.39, 0.29) is 0 Å². The molecule has 0 fully saturated rings. The highest BCUT2D eigenvalue weighted by molar-refractivity contribution is 5.63. The van der Waals surface area contributed by atoms with Crippen molar-refractivity contribution >= 4 is 11.9 Å². The summed E-state index contributed by atoms with van der Waals surface area (Å²) in [5.41, 5.74) is 0. The first-order chi connectivity index (χ1) is 4.88. The molecule has 0 saturated carbocycles. The Hall–Kier alpha value is -1.57. The van der Waals surface area contributed by atoms with Crippen LogP contribution in [0.25, 0.3) is 0 Å². The summed E-state index contributed by atoms with van der Waals surface area (Å²) in [6.07, 6.45) is 0. The van der Waals surface area contributed by atoms with E-state index in [0.29, 0.717) is 0 Å². The molecule has 0 unspecified atom stereocenters. The summed E-state index contributed by atoms with van der Waals surface area (Å²) in [4.78, 5) is 18.0. The lowest BCUT2D eigenvalue weighted by atomic mass is 10.9. The van der Waals surface area contributed by atoms with E-state index in [9.17, 15) is 0 Å². The third-order valence-electron chi connectivity index (χ3n) is 0. The van der Waals surface area contributed by atoms with Crippen molar-refractivity contribution < 1.29 is 19.8 Å². The van der Waals surface area contributed by atoms with Gasteiger partial charge in [0.25, 0.3) is 11.9 Å². The zero-order valence-electron chi connectivity index (χ0n) is 6.66. The molecule has 0 atom stereocenters. The van der Waals surface area contributed by atoms with Crippen LogP contribution in [0.15, 0.2) is 0 Å². The van der Waals surface area contributed by atoms with Gasteiger partial charge in [-0.25, -0.2) is 0 Å². The van der Waals surface area contributed by atoms with E-state index >= 15 is 0 Å². The second kappa shape index (κ2) is 15.8. The van der Waals surface area contributed by atoms with Gasteiger partial charge in [-0.1, -0.05) is 0 Å². The quantitative estimate of drug-likeness (QED) is 0.545. The van der Waals surface area contributed by atoms with Gasteiger partial charge in [-0.05, 0) is 0 Å². The van der Waals surface area contributed by atoms with Crippen molar-refractivity contribution in [3.63, 3.8) is 0 Å². The Morgan fingerprint density at radius 2 is 1.18 bits per heavy atom. The summed E-state index contributed by atoms with van der Waals surface area (Å²) in [7, 11) is 0. The van der Waals surface area contributed by atoms with Crippen molar-refractivity contribution in [1.29, 1.82) is 5.26 Å². The number of carboxylic acid groups (broad SMARTS) is 2. The summed E-state index contributed by atoms with van der Waals surface area (Å²) < 4.78 is 0. The lowest BCUT2D eigenvalue weighted by molar-refractivity contribution is -0.135. The Morgan fingerprint density at radius 3 is 1.18 bits per heavy atom. The molecule has 0 rings (SSSR count). The van der Waals surface area contributed by atoms with Gasteiger partial charge in [0.15, 0.2) is 0 Å². The molecule has 0 aromatic heterocycles. The monoisotopic (exact) mass is 161 g/mol. The number of aliphatic carboxylic acids is 2. The van der Waals surface area contributed by atoms with E-state index < -0.39 is 11.9 Å². The molecular weight excluding hydrogens is 150 g/mol. The number of nitrogens with zero attached hydrogens (tertiary/aromatic N) is 1. The maximum Gasteiger partial charge on any atom is 0.300 e. The molecule has 0 saturated heterocycles. The van der Waals surface area contributed by atoms with Gasteiger partial charge in [0.2, 0.25) is 0 Å². The summed E-state index contributed by atoms with van der Waals surface area (Å²) in [6, 6.07) is 1.75. The van der Waals surface area contributed by atoms with Crippen molar-refractivity contribution in [1.82, 2.24) is 0 Å². The van der Waals surface area contributed by atoms with Crippen LogP contribution < -0.4 is 0 Å². The second-order valence-electron chi connectivity index (χ2n) is 1.26. The SMILES string of the molecule is CC#N.CC(=O)O.CC(=O)O. The third-order valence-corrected chi connectivity index (χ3v) is 0. The van der Waals surface area contributed by atoms with Gasteiger partial charge in [0, 0.05) is 20.8 Å². The van der Waals surface area contributed by atoms with Crippen molar-refractivity contribution in [3.05, 3.63) is 0 Å². The molecule has 0 radical (unpaired) electrons. The fraction of sp³-hybridized carbons (Fsp3) is 0.500. The Labute approximate surface area is 64.9 Å². The second-order valence-corrected chi connectivity index (χ2v) is 1.26. The number of carbonyl (C=O) groups is 2. The maximum absolute atomic E-state index is 9.00. The summed E-state index contributed by atoms with van der Waals surface area (Å²) in [5, 5.41) is 22.2. The molecular formula is C6H11NO4. The van der Waals surface area contributed by atoms with E-state index in [4.69, 9.17) is 25.1 Å². The minimum atomic E-state index is -0.833. The standard InChI is InChI=1S/C2H3N.2C2H4O2/c1-2-3;2*1-2(3)4/h1H3;2*1H3,(H,3,4). The van der Waals surface area contributed by atoms with Crippen LogP contribution in [0.1, 0.15) is 20.8 Å². The number of carboxylic acids is 2. The summed E-state index contributed by atoms with van der Waals surface area (Å²) in [6.45, 7) is 3.60. The van der Waals surface area contributed by atoms with Crippen molar-refractivity contribution in [2.45, 2.75) is 20.8 Å². The van der Waals surface area contributed by atoms with E-state index in [1.807, 2.05) is 0 Å². The number of nitriles is 1. The summed E-state index contributed by atoms with van der Waals surface area (Å²) in [5.74, 6) is -1.67. The molecule has 0 aromatic carbocycles. The molecule has 5 nitrogen and oxygen atoms in total. The molecule has 0 bridgehead atoms. The fourth-order valence-corrected chi connectivity index (χ4v) is 0. The Kier molecular flexibility index (Phi) is 23.3. The van der Waals surface area contributed by atoms with Crippen LogP contribution in [-0.2, 0) is 9.59 Å². The average molecular weight is 161 g/mol.